The van der Waals surface area contributed by atoms with Crippen molar-refractivity contribution in [1.82, 2.24) is 10.3 Å². The standard InChI is InChI=1S/C10H13N2/c1-2-7-12-10(5-1)9-4-3-6-11-8-9/h3-4,6,8,10H,1-2,5,7H2. The van der Waals surface area contributed by atoms with Crippen LogP contribution in [0.3, 0.4) is 0 Å². The lowest BCUT2D eigenvalue weighted by Crippen LogP contribution is -2.20. The molecular weight excluding hydrogens is 148 g/mol. The molecule has 2 heterocycles. The van der Waals surface area contributed by atoms with Crippen molar-refractivity contribution in [3.05, 3.63) is 30.1 Å². The summed E-state index contributed by atoms with van der Waals surface area (Å²) in [5.74, 6) is 0. The van der Waals surface area contributed by atoms with Crippen molar-refractivity contribution in [2.75, 3.05) is 6.54 Å². The molecule has 1 fully saturated rings. The van der Waals surface area contributed by atoms with Crippen LogP contribution in [0.15, 0.2) is 24.5 Å². The smallest absolute Gasteiger partial charge is 0.0510 e. The van der Waals surface area contributed by atoms with Crippen LogP contribution in [-0.4, -0.2) is 11.5 Å². The van der Waals surface area contributed by atoms with E-state index in [0.29, 0.717) is 6.04 Å². The molecule has 0 aliphatic carbocycles. The number of rotatable bonds is 1. The molecule has 0 amide bonds. The van der Waals surface area contributed by atoms with E-state index in [1.165, 1.54) is 24.8 Å². The summed E-state index contributed by atoms with van der Waals surface area (Å²) in [6.45, 7) is 1.03. The van der Waals surface area contributed by atoms with Gasteiger partial charge in [0.2, 0.25) is 0 Å². The minimum absolute atomic E-state index is 0.424. The van der Waals surface area contributed by atoms with Crippen LogP contribution < -0.4 is 5.32 Å². The lowest BCUT2D eigenvalue weighted by Gasteiger charge is -2.21. The summed E-state index contributed by atoms with van der Waals surface area (Å²) in [6, 6.07) is 4.53. The number of piperidine rings is 1. The molecular formula is C10H13N2. The van der Waals surface area contributed by atoms with Gasteiger partial charge in [0.15, 0.2) is 0 Å². The maximum Gasteiger partial charge on any atom is 0.0510 e. The first-order valence-electron chi connectivity index (χ1n) is 4.53. The van der Waals surface area contributed by atoms with Gasteiger partial charge in [-0.25, -0.2) is 5.32 Å². The molecule has 2 nitrogen and oxygen atoms in total. The number of hydrogen-bond acceptors (Lipinski definition) is 1. The van der Waals surface area contributed by atoms with Crippen LogP contribution in [0.1, 0.15) is 30.9 Å². The molecule has 12 heavy (non-hydrogen) atoms. The Morgan fingerprint density at radius 1 is 1.33 bits per heavy atom. The summed E-state index contributed by atoms with van der Waals surface area (Å²) in [4.78, 5) is 4.10. The van der Waals surface area contributed by atoms with Gasteiger partial charge in [-0.15, -0.1) is 0 Å². The Labute approximate surface area is 73.0 Å². The largest absolute Gasteiger partial charge is 0.264 e. The van der Waals surface area contributed by atoms with Crippen LogP contribution >= 0.6 is 0 Å². The Hall–Kier alpha value is -0.890. The van der Waals surface area contributed by atoms with Gasteiger partial charge < -0.3 is 0 Å². The van der Waals surface area contributed by atoms with Crippen molar-refractivity contribution in [2.24, 2.45) is 0 Å². The minimum Gasteiger partial charge on any atom is -0.264 e. The fourth-order valence-corrected chi connectivity index (χ4v) is 1.63. The second-order valence-electron chi connectivity index (χ2n) is 3.20. The fourth-order valence-electron chi connectivity index (χ4n) is 1.63. The molecule has 0 bridgehead atoms. The molecule has 1 radical (unpaired) electrons. The van der Waals surface area contributed by atoms with Gasteiger partial charge in [-0.05, 0) is 24.5 Å². The molecule has 1 saturated heterocycles. The number of pyridine rings is 1. The third kappa shape index (κ3) is 1.64. The van der Waals surface area contributed by atoms with Crippen molar-refractivity contribution >= 4 is 0 Å². The maximum atomic E-state index is 4.56. The predicted octanol–water partition coefficient (Wildman–Crippen LogP) is 1.91. The third-order valence-electron chi connectivity index (χ3n) is 2.30. The second-order valence-corrected chi connectivity index (χ2v) is 3.20. The predicted molar refractivity (Wildman–Crippen MR) is 47.8 cm³/mol. The average molecular weight is 161 g/mol. The lowest BCUT2D eigenvalue weighted by atomic mass is 9.99. The Balaban J connectivity index is 2.08. The molecule has 2 rings (SSSR count). The zero-order valence-corrected chi connectivity index (χ0v) is 7.11. The highest BCUT2D eigenvalue weighted by Gasteiger charge is 2.15. The summed E-state index contributed by atoms with van der Waals surface area (Å²) in [5, 5.41) is 4.56. The van der Waals surface area contributed by atoms with E-state index in [4.69, 9.17) is 0 Å². The molecule has 0 spiro atoms. The van der Waals surface area contributed by atoms with E-state index in [2.05, 4.69) is 16.4 Å². The second kappa shape index (κ2) is 3.68. The molecule has 2 heteroatoms. The van der Waals surface area contributed by atoms with E-state index in [0.717, 1.165) is 6.54 Å². The molecule has 1 aromatic heterocycles. The summed E-state index contributed by atoms with van der Waals surface area (Å²) in [7, 11) is 0. The van der Waals surface area contributed by atoms with Crippen LogP contribution in [0.2, 0.25) is 0 Å². The number of aromatic nitrogens is 1. The van der Waals surface area contributed by atoms with Gasteiger partial charge >= 0.3 is 0 Å². The molecule has 1 unspecified atom stereocenters. The SMILES string of the molecule is c1cncc(C2CCCC[N]2)c1. The van der Waals surface area contributed by atoms with E-state index in [9.17, 15) is 0 Å². The van der Waals surface area contributed by atoms with E-state index >= 15 is 0 Å². The molecule has 1 atom stereocenters. The van der Waals surface area contributed by atoms with Crippen LogP contribution in [-0.2, 0) is 0 Å². The Morgan fingerprint density at radius 3 is 3.00 bits per heavy atom. The zero-order chi connectivity index (χ0) is 8.23. The van der Waals surface area contributed by atoms with E-state index in [1.54, 1.807) is 0 Å². The molecule has 1 aliphatic rings. The van der Waals surface area contributed by atoms with Crippen LogP contribution in [0.25, 0.3) is 0 Å². The lowest BCUT2D eigenvalue weighted by molar-refractivity contribution is 0.403. The van der Waals surface area contributed by atoms with Crippen molar-refractivity contribution in [1.29, 1.82) is 0 Å². The van der Waals surface area contributed by atoms with Gasteiger partial charge in [-0.3, -0.25) is 4.98 Å². The molecule has 0 aromatic carbocycles. The van der Waals surface area contributed by atoms with Gasteiger partial charge in [0.05, 0.1) is 6.04 Å². The highest BCUT2D eigenvalue weighted by Crippen LogP contribution is 2.22. The fraction of sp³-hybridized carbons (Fsp3) is 0.500. The van der Waals surface area contributed by atoms with Crippen molar-refractivity contribution in [3.8, 4) is 0 Å². The quantitative estimate of drug-likeness (QED) is 0.618. The van der Waals surface area contributed by atoms with Gasteiger partial charge in [0, 0.05) is 18.9 Å². The first-order chi connectivity index (χ1) is 5.97. The number of nitrogens with zero attached hydrogens (tertiary/aromatic N) is 2. The summed E-state index contributed by atoms with van der Waals surface area (Å²) in [6.07, 6.45) is 7.51. The first kappa shape index (κ1) is 7.74. The van der Waals surface area contributed by atoms with Gasteiger partial charge in [0.25, 0.3) is 0 Å². The van der Waals surface area contributed by atoms with Crippen LogP contribution in [0.4, 0.5) is 0 Å². The highest BCUT2D eigenvalue weighted by molar-refractivity contribution is 5.13. The molecule has 0 N–H and O–H groups in total. The Kier molecular flexibility index (Phi) is 2.37. The molecule has 63 valence electrons. The third-order valence-corrected chi connectivity index (χ3v) is 2.30. The van der Waals surface area contributed by atoms with E-state index in [-0.39, 0.29) is 0 Å². The molecule has 1 aliphatic heterocycles. The van der Waals surface area contributed by atoms with Crippen molar-refractivity contribution in [2.45, 2.75) is 25.3 Å². The topological polar surface area (TPSA) is 27.0 Å². The summed E-state index contributed by atoms with van der Waals surface area (Å²) in [5.41, 5.74) is 1.28. The minimum atomic E-state index is 0.424. The van der Waals surface area contributed by atoms with Crippen LogP contribution in [0.5, 0.6) is 0 Å². The van der Waals surface area contributed by atoms with Gasteiger partial charge in [-0.1, -0.05) is 12.5 Å². The van der Waals surface area contributed by atoms with E-state index in [1.807, 2.05) is 18.5 Å². The molecule has 0 saturated carbocycles. The normalized spacial score (nSPS) is 23.8. The first-order valence-corrected chi connectivity index (χ1v) is 4.53. The van der Waals surface area contributed by atoms with Gasteiger partial charge in [0.1, 0.15) is 0 Å². The Morgan fingerprint density at radius 2 is 2.33 bits per heavy atom. The van der Waals surface area contributed by atoms with E-state index < -0.39 is 0 Å². The van der Waals surface area contributed by atoms with Crippen molar-refractivity contribution < 1.29 is 0 Å². The van der Waals surface area contributed by atoms with Gasteiger partial charge in [-0.2, -0.15) is 0 Å². The Bertz CT molecular complexity index is 227. The average Bonchev–Trinajstić information content (AvgIpc) is 2.21. The highest BCUT2D eigenvalue weighted by atomic mass is 14.9. The van der Waals surface area contributed by atoms with Crippen LogP contribution in [0, 0.1) is 0 Å². The van der Waals surface area contributed by atoms with Crippen molar-refractivity contribution in [3.63, 3.8) is 0 Å². The number of hydrogen-bond donors (Lipinski definition) is 0. The monoisotopic (exact) mass is 161 g/mol. The summed E-state index contributed by atoms with van der Waals surface area (Å²) < 4.78 is 0. The summed E-state index contributed by atoms with van der Waals surface area (Å²) >= 11 is 0. The maximum absolute atomic E-state index is 4.56. The zero-order valence-electron chi connectivity index (χ0n) is 7.11. The molecule has 1 aromatic rings.